The van der Waals surface area contributed by atoms with Crippen LogP contribution in [0.4, 0.5) is 5.82 Å². The molecule has 2 heterocycles. The van der Waals surface area contributed by atoms with E-state index in [1.54, 1.807) is 19.1 Å². The highest BCUT2D eigenvalue weighted by atomic mass is 35.5. The molecule has 3 aromatic rings. The molecule has 0 saturated carbocycles. The Morgan fingerprint density at radius 1 is 1.24 bits per heavy atom. The number of esters is 1. The number of nitrogens with one attached hydrogen (secondary N) is 1. The number of hydrogen-bond donors (Lipinski definition) is 1. The predicted molar refractivity (Wildman–Crippen MR) is 97.9 cm³/mol. The van der Waals surface area contributed by atoms with Crippen LogP contribution in [0.15, 0.2) is 41.8 Å². The average molecular weight is 375 g/mol. The lowest BCUT2D eigenvalue weighted by atomic mass is 10.2. The second-order valence-corrected chi connectivity index (χ2v) is 6.39. The molecule has 8 heteroatoms. The van der Waals surface area contributed by atoms with E-state index in [0.29, 0.717) is 23.2 Å². The van der Waals surface area contributed by atoms with Gasteiger partial charge in [-0.15, -0.1) is 21.5 Å². The molecule has 6 nitrogen and oxygen atoms in total. The van der Waals surface area contributed by atoms with E-state index in [2.05, 4.69) is 20.5 Å². The molecule has 0 amide bonds. The van der Waals surface area contributed by atoms with Crippen LogP contribution in [0.2, 0.25) is 5.02 Å². The quantitative estimate of drug-likeness (QED) is 0.656. The number of thiophene rings is 1. The Morgan fingerprint density at radius 2 is 2.04 bits per heavy atom. The summed E-state index contributed by atoms with van der Waals surface area (Å²) >= 11 is 7.40. The minimum atomic E-state index is -0.557. The Kier molecular flexibility index (Phi) is 5.57. The number of carbonyl (C=O) groups excluding carboxylic acids is 1. The first-order valence-corrected chi connectivity index (χ1v) is 8.87. The van der Waals surface area contributed by atoms with Crippen LogP contribution in [0.25, 0.3) is 10.7 Å². The van der Waals surface area contributed by atoms with Crippen molar-refractivity contribution in [2.75, 3.05) is 11.9 Å². The van der Waals surface area contributed by atoms with Gasteiger partial charge in [-0.25, -0.2) is 9.78 Å². The first kappa shape index (κ1) is 17.3. The zero-order valence-electron chi connectivity index (χ0n) is 13.4. The van der Waals surface area contributed by atoms with E-state index in [1.807, 2.05) is 29.6 Å². The molecule has 0 radical (unpaired) electrons. The third-order valence-electron chi connectivity index (χ3n) is 3.27. The van der Waals surface area contributed by atoms with E-state index < -0.39 is 5.97 Å². The van der Waals surface area contributed by atoms with E-state index in [4.69, 9.17) is 16.3 Å². The zero-order chi connectivity index (χ0) is 17.6. The van der Waals surface area contributed by atoms with Gasteiger partial charge in [0.05, 0.1) is 11.5 Å². The highest BCUT2D eigenvalue weighted by Crippen LogP contribution is 2.23. The summed E-state index contributed by atoms with van der Waals surface area (Å²) in [5, 5.41) is 13.8. The molecule has 25 heavy (non-hydrogen) atoms. The number of benzene rings is 1. The van der Waals surface area contributed by atoms with Gasteiger partial charge in [0.25, 0.3) is 0 Å². The van der Waals surface area contributed by atoms with Gasteiger partial charge in [0, 0.05) is 11.6 Å². The van der Waals surface area contributed by atoms with Gasteiger partial charge in [0.1, 0.15) is 0 Å². The van der Waals surface area contributed by atoms with Crippen LogP contribution in [-0.4, -0.2) is 27.8 Å². The molecule has 128 valence electrons. The molecule has 3 rings (SSSR count). The Balaban J connectivity index is 1.88. The molecule has 0 fully saturated rings. The minimum absolute atomic E-state index is 0.0659. The third kappa shape index (κ3) is 4.32. The normalized spacial score (nSPS) is 10.5. The van der Waals surface area contributed by atoms with Crippen molar-refractivity contribution >= 4 is 34.7 Å². The molecule has 0 aliphatic carbocycles. The van der Waals surface area contributed by atoms with E-state index in [9.17, 15) is 4.79 Å². The first-order chi connectivity index (χ1) is 12.2. The lowest BCUT2D eigenvalue weighted by Crippen LogP contribution is -2.15. The topological polar surface area (TPSA) is 77.0 Å². The van der Waals surface area contributed by atoms with Gasteiger partial charge in [0.15, 0.2) is 11.6 Å². The predicted octanol–water partition coefficient (Wildman–Crippen LogP) is 4.04. The fourth-order valence-electron chi connectivity index (χ4n) is 2.08. The number of ether oxygens (including phenoxy) is 1. The number of hydrogen-bond acceptors (Lipinski definition) is 7. The summed E-state index contributed by atoms with van der Waals surface area (Å²) in [6, 6.07) is 11.2. The van der Waals surface area contributed by atoms with Crippen LogP contribution in [0.5, 0.6) is 0 Å². The van der Waals surface area contributed by atoms with Crippen molar-refractivity contribution in [2.24, 2.45) is 0 Å². The Bertz CT molecular complexity index is 854. The zero-order valence-corrected chi connectivity index (χ0v) is 15.0. The summed E-state index contributed by atoms with van der Waals surface area (Å²) in [5.74, 6) is 0.243. The second-order valence-electron chi connectivity index (χ2n) is 5.01. The molecule has 0 spiro atoms. The van der Waals surface area contributed by atoms with Gasteiger partial charge >= 0.3 is 5.97 Å². The Morgan fingerprint density at radius 3 is 2.72 bits per heavy atom. The van der Waals surface area contributed by atoms with Crippen molar-refractivity contribution in [3.05, 3.63) is 58.1 Å². The number of carbonyl (C=O) groups is 1. The molecule has 0 atom stereocenters. The lowest BCUT2D eigenvalue weighted by Gasteiger charge is -2.10. The van der Waals surface area contributed by atoms with E-state index >= 15 is 0 Å². The molecule has 0 aliphatic rings. The minimum Gasteiger partial charge on any atom is -0.461 e. The van der Waals surface area contributed by atoms with Crippen LogP contribution in [0, 0.1) is 0 Å². The van der Waals surface area contributed by atoms with Crippen LogP contribution >= 0.6 is 22.9 Å². The number of rotatable bonds is 6. The van der Waals surface area contributed by atoms with Gasteiger partial charge in [-0.2, -0.15) is 0 Å². The molecule has 0 aliphatic heterocycles. The number of aromatic nitrogens is 3. The van der Waals surface area contributed by atoms with Crippen molar-refractivity contribution in [3.63, 3.8) is 0 Å². The van der Waals surface area contributed by atoms with Gasteiger partial charge in [-0.1, -0.05) is 29.8 Å². The molecular formula is C17H15ClN4O2S. The molecule has 0 unspecified atom stereocenters. The SMILES string of the molecule is CCOC(=O)c1nnc(-c2cccs2)nc1NCc1ccc(Cl)cc1. The number of anilines is 1. The highest BCUT2D eigenvalue weighted by Gasteiger charge is 2.19. The van der Waals surface area contributed by atoms with Crippen LogP contribution < -0.4 is 5.32 Å². The average Bonchev–Trinajstić information content (AvgIpc) is 3.16. The van der Waals surface area contributed by atoms with Crippen molar-refractivity contribution in [1.82, 2.24) is 15.2 Å². The number of nitrogens with zero attached hydrogens (tertiary/aromatic N) is 3. The van der Waals surface area contributed by atoms with Crippen molar-refractivity contribution in [2.45, 2.75) is 13.5 Å². The summed E-state index contributed by atoms with van der Waals surface area (Å²) in [4.78, 5) is 17.4. The monoisotopic (exact) mass is 374 g/mol. The van der Waals surface area contributed by atoms with E-state index in [1.165, 1.54) is 11.3 Å². The summed E-state index contributed by atoms with van der Waals surface area (Å²) < 4.78 is 5.03. The highest BCUT2D eigenvalue weighted by molar-refractivity contribution is 7.13. The summed E-state index contributed by atoms with van der Waals surface area (Å²) in [7, 11) is 0. The van der Waals surface area contributed by atoms with Crippen molar-refractivity contribution < 1.29 is 9.53 Å². The second kappa shape index (κ2) is 8.04. The maximum Gasteiger partial charge on any atom is 0.362 e. The molecular weight excluding hydrogens is 360 g/mol. The fraction of sp³-hybridized carbons (Fsp3) is 0.176. The molecule has 2 aromatic heterocycles. The van der Waals surface area contributed by atoms with Gasteiger partial charge in [-0.3, -0.25) is 0 Å². The van der Waals surface area contributed by atoms with Crippen LogP contribution in [0.3, 0.4) is 0 Å². The maximum atomic E-state index is 12.1. The van der Waals surface area contributed by atoms with E-state index in [0.717, 1.165) is 10.4 Å². The molecule has 1 N–H and O–H groups in total. The summed E-state index contributed by atoms with van der Waals surface area (Å²) in [6.07, 6.45) is 0. The van der Waals surface area contributed by atoms with Crippen LogP contribution in [-0.2, 0) is 11.3 Å². The summed E-state index contributed by atoms with van der Waals surface area (Å²) in [6.45, 7) is 2.45. The van der Waals surface area contributed by atoms with Gasteiger partial charge in [-0.05, 0) is 36.1 Å². The van der Waals surface area contributed by atoms with Crippen molar-refractivity contribution in [1.29, 1.82) is 0 Å². The van der Waals surface area contributed by atoms with E-state index in [-0.39, 0.29) is 12.3 Å². The van der Waals surface area contributed by atoms with Crippen molar-refractivity contribution in [3.8, 4) is 10.7 Å². The largest absolute Gasteiger partial charge is 0.461 e. The third-order valence-corrected chi connectivity index (χ3v) is 4.39. The smallest absolute Gasteiger partial charge is 0.362 e. The summed E-state index contributed by atoms with van der Waals surface area (Å²) in [5.41, 5.74) is 1.06. The molecule has 0 bridgehead atoms. The van der Waals surface area contributed by atoms with Gasteiger partial charge < -0.3 is 10.1 Å². The first-order valence-electron chi connectivity index (χ1n) is 7.61. The standard InChI is InChI=1S/C17H15ClN4O2S/c1-2-24-17(23)14-16(19-10-11-5-7-12(18)8-6-11)20-15(22-21-14)13-4-3-9-25-13/h3-9H,2,10H2,1H3,(H,19,20,22). The lowest BCUT2D eigenvalue weighted by molar-refractivity contribution is 0.0519. The maximum absolute atomic E-state index is 12.1. The molecule has 0 saturated heterocycles. The Hall–Kier alpha value is -2.51. The molecule has 1 aromatic carbocycles. The number of halogens is 1. The van der Waals surface area contributed by atoms with Gasteiger partial charge in [0.2, 0.25) is 5.69 Å². The fourth-order valence-corrected chi connectivity index (χ4v) is 2.86. The van der Waals surface area contributed by atoms with Crippen LogP contribution in [0.1, 0.15) is 23.0 Å². The Labute approximate surface area is 153 Å².